The van der Waals surface area contributed by atoms with E-state index < -0.39 is 12.1 Å². The number of ether oxygens (including phenoxy) is 1. The predicted octanol–water partition coefficient (Wildman–Crippen LogP) is 3.99. The zero-order chi connectivity index (χ0) is 20.9. The van der Waals surface area contributed by atoms with Gasteiger partial charge in [-0.05, 0) is 28.3 Å². The monoisotopic (exact) mass is 400 g/mol. The molecule has 0 unspecified atom stereocenters. The highest BCUT2D eigenvalue weighted by Crippen LogP contribution is 2.44. The molecule has 0 saturated heterocycles. The lowest BCUT2D eigenvalue weighted by Gasteiger charge is -2.14. The molecule has 1 aliphatic carbocycles. The first-order valence-corrected chi connectivity index (χ1v) is 9.63. The normalized spacial score (nSPS) is 11.7. The number of fused-ring (bicyclic) bond motifs is 3. The van der Waals surface area contributed by atoms with Crippen LogP contribution < -0.4 is 5.32 Å². The highest BCUT2D eigenvalue weighted by atomic mass is 16.5. The molecule has 0 fully saturated rings. The van der Waals surface area contributed by atoms with Crippen LogP contribution in [0.4, 0.5) is 4.79 Å². The van der Waals surface area contributed by atoms with Crippen molar-refractivity contribution < 1.29 is 19.4 Å². The van der Waals surface area contributed by atoms with Crippen LogP contribution in [-0.2, 0) is 4.74 Å². The van der Waals surface area contributed by atoms with Crippen molar-refractivity contribution in [1.29, 1.82) is 0 Å². The largest absolute Gasteiger partial charge is 0.477 e. The van der Waals surface area contributed by atoms with E-state index in [1.54, 1.807) is 0 Å². The molecule has 2 aromatic carbocycles. The van der Waals surface area contributed by atoms with Crippen molar-refractivity contribution in [2.45, 2.75) is 12.3 Å². The third-order valence-corrected chi connectivity index (χ3v) is 5.01. The third-order valence-electron chi connectivity index (χ3n) is 5.01. The van der Waals surface area contributed by atoms with Gasteiger partial charge in [-0.1, -0.05) is 60.4 Å². The summed E-state index contributed by atoms with van der Waals surface area (Å²) in [6.07, 6.45) is 1.49. The second kappa shape index (κ2) is 8.58. The molecule has 1 heterocycles. The zero-order valence-corrected chi connectivity index (χ0v) is 16.1. The number of carboxylic acids is 1. The van der Waals surface area contributed by atoms with E-state index >= 15 is 0 Å². The second-order valence-electron chi connectivity index (χ2n) is 6.91. The van der Waals surface area contributed by atoms with Gasteiger partial charge in [0.25, 0.3) is 0 Å². The lowest BCUT2D eigenvalue weighted by molar-refractivity contribution is 0.0691. The highest BCUT2D eigenvalue weighted by molar-refractivity contribution is 5.86. The summed E-state index contributed by atoms with van der Waals surface area (Å²) in [5.41, 5.74) is 5.40. The second-order valence-corrected chi connectivity index (χ2v) is 6.91. The summed E-state index contributed by atoms with van der Waals surface area (Å²) in [5, 5.41) is 11.6. The van der Waals surface area contributed by atoms with Crippen LogP contribution in [0.25, 0.3) is 11.1 Å². The van der Waals surface area contributed by atoms with Crippen LogP contribution in [0.1, 0.15) is 39.5 Å². The minimum atomic E-state index is -1.03. The van der Waals surface area contributed by atoms with Crippen molar-refractivity contribution in [3.8, 4) is 23.0 Å². The number of amides is 1. The van der Waals surface area contributed by atoms with Crippen molar-refractivity contribution in [2.24, 2.45) is 0 Å². The molecule has 1 aliphatic rings. The molecular formula is C24H20N2O4. The Bertz CT molecular complexity index is 1110. The molecule has 150 valence electrons. The number of aromatic nitrogens is 1. The molecule has 0 radical (unpaired) electrons. The highest BCUT2D eigenvalue weighted by Gasteiger charge is 2.28. The van der Waals surface area contributed by atoms with Gasteiger partial charge in [0, 0.05) is 30.6 Å². The van der Waals surface area contributed by atoms with E-state index in [0.29, 0.717) is 18.5 Å². The van der Waals surface area contributed by atoms with E-state index in [9.17, 15) is 9.59 Å². The number of carbonyl (C=O) groups is 2. The summed E-state index contributed by atoms with van der Waals surface area (Å²) in [5.74, 6) is 4.75. The summed E-state index contributed by atoms with van der Waals surface area (Å²) < 4.78 is 5.47. The van der Waals surface area contributed by atoms with Gasteiger partial charge in [0.15, 0.2) is 0 Å². The van der Waals surface area contributed by atoms with Crippen LogP contribution in [0.15, 0.2) is 60.8 Å². The lowest BCUT2D eigenvalue weighted by Crippen LogP contribution is -2.26. The number of alkyl carbamates (subject to hydrolysis) is 1. The maximum atomic E-state index is 12.1. The van der Waals surface area contributed by atoms with Gasteiger partial charge in [-0.2, -0.15) is 0 Å². The molecule has 0 aliphatic heterocycles. The molecule has 4 rings (SSSR count). The molecule has 1 amide bonds. The van der Waals surface area contributed by atoms with Crippen LogP contribution in [0.5, 0.6) is 0 Å². The number of H-pyrrole nitrogens is 1. The van der Waals surface area contributed by atoms with E-state index in [1.807, 2.05) is 24.3 Å². The first-order valence-electron chi connectivity index (χ1n) is 9.63. The average Bonchev–Trinajstić information content (AvgIpc) is 3.35. The van der Waals surface area contributed by atoms with Gasteiger partial charge in [0.1, 0.15) is 12.3 Å². The van der Waals surface area contributed by atoms with Gasteiger partial charge < -0.3 is 20.1 Å². The Morgan fingerprint density at radius 2 is 1.73 bits per heavy atom. The molecule has 6 nitrogen and oxygen atoms in total. The fourth-order valence-electron chi connectivity index (χ4n) is 3.63. The molecule has 1 aromatic heterocycles. The van der Waals surface area contributed by atoms with Crippen LogP contribution >= 0.6 is 0 Å². The van der Waals surface area contributed by atoms with Gasteiger partial charge in [-0.3, -0.25) is 0 Å². The first-order chi connectivity index (χ1) is 14.6. The Labute approximate surface area is 173 Å². The number of carbonyl (C=O) groups excluding carboxylic acids is 1. The maximum Gasteiger partial charge on any atom is 0.407 e. The minimum Gasteiger partial charge on any atom is -0.477 e. The summed E-state index contributed by atoms with van der Waals surface area (Å²) in [4.78, 5) is 25.5. The smallest absolute Gasteiger partial charge is 0.407 e. The SMILES string of the molecule is O=C(NCCC#Cc1c[nH]c(C(=O)O)c1)OCC1c2ccccc2-c2ccccc21. The fraction of sp³-hybridized carbons (Fsp3) is 0.167. The number of aromatic amines is 1. The molecule has 3 aromatic rings. The van der Waals surface area contributed by atoms with Gasteiger partial charge in [0.2, 0.25) is 0 Å². The molecule has 0 bridgehead atoms. The van der Waals surface area contributed by atoms with E-state index in [2.05, 4.69) is 46.4 Å². The Balaban J connectivity index is 1.28. The number of carboxylic acid groups (broad SMARTS) is 1. The van der Waals surface area contributed by atoms with E-state index in [4.69, 9.17) is 9.84 Å². The van der Waals surface area contributed by atoms with Crippen molar-refractivity contribution in [3.05, 3.63) is 83.2 Å². The summed E-state index contributed by atoms with van der Waals surface area (Å²) >= 11 is 0. The lowest BCUT2D eigenvalue weighted by atomic mass is 9.98. The van der Waals surface area contributed by atoms with Crippen LogP contribution in [0.2, 0.25) is 0 Å². The van der Waals surface area contributed by atoms with Crippen molar-refractivity contribution in [1.82, 2.24) is 10.3 Å². The Hall–Kier alpha value is -3.98. The van der Waals surface area contributed by atoms with E-state index in [-0.39, 0.29) is 18.2 Å². The minimum absolute atomic E-state index is 0.0277. The van der Waals surface area contributed by atoms with Gasteiger partial charge >= 0.3 is 12.1 Å². The molecule has 0 atom stereocenters. The summed E-state index contributed by atoms with van der Waals surface area (Å²) in [7, 11) is 0. The number of nitrogens with one attached hydrogen (secondary N) is 2. The van der Waals surface area contributed by atoms with Crippen molar-refractivity contribution >= 4 is 12.1 Å². The van der Waals surface area contributed by atoms with Crippen LogP contribution in [-0.4, -0.2) is 35.3 Å². The Morgan fingerprint density at radius 3 is 2.37 bits per heavy atom. The van der Waals surface area contributed by atoms with Crippen LogP contribution in [0, 0.1) is 11.8 Å². The molecule has 30 heavy (non-hydrogen) atoms. The Kier molecular flexibility index (Phi) is 5.53. The number of rotatable bonds is 5. The summed E-state index contributed by atoms with van der Waals surface area (Å²) in [6.45, 7) is 0.618. The fourth-order valence-corrected chi connectivity index (χ4v) is 3.63. The Morgan fingerprint density at radius 1 is 1.07 bits per heavy atom. The van der Waals surface area contributed by atoms with Gasteiger partial charge in [0.05, 0.1) is 0 Å². The van der Waals surface area contributed by atoms with Crippen molar-refractivity contribution in [2.75, 3.05) is 13.2 Å². The zero-order valence-electron chi connectivity index (χ0n) is 16.1. The van der Waals surface area contributed by atoms with E-state index in [1.165, 1.54) is 34.5 Å². The quantitative estimate of drug-likeness (QED) is 0.446. The third kappa shape index (κ3) is 4.06. The van der Waals surface area contributed by atoms with Gasteiger partial charge in [-0.25, -0.2) is 9.59 Å². The number of hydrogen-bond acceptors (Lipinski definition) is 3. The molecule has 0 spiro atoms. The summed E-state index contributed by atoms with van der Waals surface area (Å²) in [6, 6.07) is 17.8. The molecule has 6 heteroatoms. The molecule has 0 saturated carbocycles. The molecular weight excluding hydrogens is 380 g/mol. The van der Waals surface area contributed by atoms with Crippen LogP contribution in [0.3, 0.4) is 0 Å². The standard InChI is InChI=1S/C24H20N2O4/c27-23(28)22-13-16(14-26-22)7-5-6-12-25-24(29)30-15-21-19-10-3-1-8-17(19)18-9-2-4-11-20(18)21/h1-4,8-11,13-14,21,26H,6,12,15H2,(H,25,29)(H,27,28). The molecule has 3 N–H and O–H groups in total. The maximum absolute atomic E-state index is 12.1. The topological polar surface area (TPSA) is 91.4 Å². The number of aromatic carboxylic acids is 1. The first kappa shape index (κ1) is 19.3. The number of hydrogen-bond donors (Lipinski definition) is 3. The average molecular weight is 400 g/mol. The van der Waals surface area contributed by atoms with Gasteiger partial charge in [-0.15, -0.1) is 0 Å². The van der Waals surface area contributed by atoms with Crippen molar-refractivity contribution in [3.63, 3.8) is 0 Å². The number of benzene rings is 2. The predicted molar refractivity (Wildman–Crippen MR) is 112 cm³/mol. The van der Waals surface area contributed by atoms with E-state index in [0.717, 1.165) is 0 Å².